The molecule has 0 saturated carbocycles. The Morgan fingerprint density at radius 2 is 1.83 bits per heavy atom. The van der Waals surface area contributed by atoms with Crippen molar-refractivity contribution >= 4 is 12.4 Å². The van der Waals surface area contributed by atoms with Gasteiger partial charge in [-0.2, -0.15) is 0 Å². The SMILES string of the molecule is Cc1ccc([C@@H](CCF)N2CCNCC2)cc1.Cl. The second kappa shape index (κ2) is 7.72. The second-order valence-corrected chi connectivity index (χ2v) is 4.69. The number of nitrogens with zero attached hydrogens (tertiary/aromatic N) is 1. The maximum absolute atomic E-state index is 12.7. The molecule has 1 saturated heterocycles. The fourth-order valence-electron chi connectivity index (χ4n) is 2.45. The van der Waals surface area contributed by atoms with E-state index in [1.165, 1.54) is 11.1 Å². The van der Waals surface area contributed by atoms with Gasteiger partial charge in [-0.3, -0.25) is 9.29 Å². The zero-order chi connectivity index (χ0) is 12.1. The highest BCUT2D eigenvalue weighted by atomic mass is 35.5. The van der Waals surface area contributed by atoms with Crippen molar-refractivity contribution in [1.82, 2.24) is 10.2 Å². The smallest absolute Gasteiger partial charge is 0.0912 e. The summed E-state index contributed by atoms with van der Waals surface area (Å²) < 4.78 is 12.7. The molecule has 0 bridgehead atoms. The van der Waals surface area contributed by atoms with Crippen LogP contribution in [0.3, 0.4) is 0 Å². The van der Waals surface area contributed by atoms with Crippen molar-refractivity contribution in [1.29, 1.82) is 0 Å². The van der Waals surface area contributed by atoms with Crippen LogP contribution >= 0.6 is 12.4 Å². The highest BCUT2D eigenvalue weighted by Crippen LogP contribution is 2.25. The van der Waals surface area contributed by atoms with Gasteiger partial charge in [0.25, 0.3) is 0 Å². The number of halogens is 2. The van der Waals surface area contributed by atoms with Crippen LogP contribution < -0.4 is 5.32 Å². The Morgan fingerprint density at radius 3 is 2.39 bits per heavy atom. The molecule has 1 aliphatic rings. The fraction of sp³-hybridized carbons (Fsp3) is 0.571. The van der Waals surface area contributed by atoms with E-state index in [1.807, 2.05) is 0 Å². The summed E-state index contributed by atoms with van der Waals surface area (Å²) in [5.41, 5.74) is 2.50. The lowest BCUT2D eigenvalue weighted by Gasteiger charge is -2.35. The lowest BCUT2D eigenvalue weighted by Crippen LogP contribution is -2.45. The summed E-state index contributed by atoms with van der Waals surface area (Å²) in [6.07, 6.45) is 0.600. The summed E-state index contributed by atoms with van der Waals surface area (Å²) >= 11 is 0. The van der Waals surface area contributed by atoms with E-state index in [-0.39, 0.29) is 25.1 Å². The molecular weight excluding hydrogens is 251 g/mol. The van der Waals surface area contributed by atoms with E-state index in [4.69, 9.17) is 0 Å². The van der Waals surface area contributed by atoms with Crippen LogP contribution in [-0.2, 0) is 0 Å². The third-order valence-electron chi connectivity index (χ3n) is 3.44. The number of hydrogen-bond donors (Lipinski definition) is 1. The lowest BCUT2D eigenvalue weighted by molar-refractivity contribution is 0.157. The van der Waals surface area contributed by atoms with Gasteiger partial charge in [-0.05, 0) is 18.9 Å². The Kier molecular flexibility index (Phi) is 6.61. The van der Waals surface area contributed by atoms with Gasteiger partial charge >= 0.3 is 0 Å². The van der Waals surface area contributed by atoms with Crippen molar-refractivity contribution in [2.24, 2.45) is 0 Å². The number of benzene rings is 1. The van der Waals surface area contributed by atoms with Gasteiger partial charge in [-0.25, -0.2) is 0 Å². The van der Waals surface area contributed by atoms with Gasteiger partial charge in [0.2, 0.25) is 0 Å². The topological polar surface area (TPSA) is 15.3 Å². The molecule has 2 nitrogen and oxygen atoms in total. The Labute approximate surface area is 115 Å². The molecule has 1 aliphatic heterocycles. The molecule has 0 radical (unpaired) electrons. The summed E-state index contributed by atoms with van der Waals surface area (Å²) in [5.74, 6) is 0. The first-order chi connectivity index (χ1) is 8.31. The van der Waals surface area contributed by atoms with E-state index >= 15 is 0 Å². The summed E-state index contributed by atoms with van der Waals surface area (Å²) in [7, 11) is 0. The summed E-state index contributed by atoms with van der Waals surface area (Å²) in [4.78, 5) is 2.39. The number of alkyl halides is 1. The van der Waals surface area contributed by atoms with E-state index in [2.05, 4.69) is 41.4 Å². The Hall–Kier alpha value is -0.640. The van der Waals surface area contributed by atoms with Gasteiger partial charge in [-0.1, -0.05) is 29.8 Å². The number of rotatable bonds is 4. The van der Waals surface area contributed by atoms with E-state index < -0.39 is 0 Å². The minimum atomic E-state index is -0.248. The van der Waals surface area contributed by atoms with Crippen LogP contribution in [0.15, 0.2) is 24.3 Å². The van der Waals surface area contributed by atoms with Crippen molar-refractivity contribution in [3.05, 3.63) is 35.4 Å². The molecule has 0 spiro atoms. The van der Waals surface area contributed by atoms with Gasteiger partial charge in [0.1, 0.15) is 0 Å². The molecule has 1 N–H and O–H groups in total. The quantitative estimate of drug-likeness (QED) is 0.907. The first kappa shape index (κ1) is 15.4. The zero-order valence-corrected chi connectivity index (χ0v) is 11.7. The number of piperazine rings is 1. The molecule has 1 atom stereocenters. The van der Waals surface area contributed by atoms with Gasteiger partial charge in [0.15, 0.2) is 0 Å². The summed E-state index contributed by atoms with van der Waals surface area (Å²) in [6.45, 7) is 5.88. The van der Waals surface area contributed by atoms with Crippen LogP contribution in [0.25, 0.3) is 0 Å². The van der Waals surface area contributed by atoms with Gasteiger partial charge in [0, 0.05) is 32.2 Å². The highest BCUT2D eigenvalue weighted by Gasteiger charge is 2.21. The van der Waals surface area contributed by atoms with Gasteiger partial charge in [0.05, 0.1) is 6.67 Å². The van der Waals surface area contributed by atoms with Crippen LogP contribution in [0.1, 0.15) is 23.6 Å². The van der Waals surface area contributed by atoms with Crippen LogP contribution in [0.5, 0.6) is 0 Å². The maximum Gasteiger partial charge on any atom is 0.0912 e. The molecule has 1 heterocycles. The highest BCUT2D eigenvalue weighted by molar-refractivity contribution is 5.85. The molecule has 1 aromatic carbocycles. The molecule has 0 aromatic heterocycles. The molecule has 102 valence electrons. The number of nitrogens with one attached hydrogen (secondary N) is 1. The monoisotopic (exact) mass is 272 g/mol. The van der Waals surface area contributed by atoms with Crippen molar-refractivity contribution in [3.8, 4) is 0 Å². The third-order valence-corrected chi connectivity index (χ3v) is 3.44. The first-order valence-corrected chi connectivity index (χ1v) is 6.38. The second-order valence-electron chi connectivity index (χ2n) is 4.69. The summed E-state index contributed by atoms with van der Waals surface area (Å²) in [5, 5.41) is 3.34. The van der Waals surface area contributed by atoms with E-state index in [9.17, 15) is 4.39 Å². The molecule has 0 amide bonds. The first-order valence-electron chi connectivity index (χ1n) is 6.38. The van der Waals surface area contributed by atoms with Crippen molar-refractivity contribution < 1.29 is 4.39 Å². The normalized spacial score (nSPS) is 18.1. The molecular formula is C14H22ClFN2. The number of hydrogen-bond acceptors (Lipinski definition) is 2. The van der Waals surface area contributed by atoms with Crippen LogP contribution in [0, 0.1) is 6.92 Å². The van der Waals surface area contributed by atoms with Crippen LogP contribution in [0.2, 0.25) is 0 Å². The molecule has 1 fully saturated rings. The average Bonchev–Trinajstić information content (AvgIpc) is 2.38. The third kappa shape index (κ3) is 3.94. The molecule has 1 aromatic rings. The Balaban J connectivity index is 0.00000162. The van der Waals surface area contributed by atoms with Gasteiger partial charge < -0.3 is 5.32 Å². The predicted octanol–water partition coefficient (Wildman–Crippen LogP) is 2.72. The van der Waals surface area contributed by atoms with Crippen LogP contribution in [-0.4, -0.2) is 37.8 Å². The molecule has 0 aliphatic carbocycles. The van der Waals surface area contributed by atoms with Crippen LogP contribution in [0.4, 0.5) is 4.39 Å². The standard InChI is InChI=1S/C14H21FN2.ClH/c1-12-2-4-13(5-3-12)14(6-7-15)17-10-8-16-9-11-17;/h2-5,14,16H,6-11H2,1H3;1H/t14-;/m1./s1. The Morgan fingerprint density at radius 1 is 1.22 bits per heavy atom. The number of aryl methyl sites for hydroxylation is 1. The molecule has 0 unspecified atom stereocenters. The molecule has 2 rings (SSSR count). The predicted molar refractivity (Wildman–Crippen MR) is 76.2 cm³/mol. The zero-order valence-electron chi connectivity index (χ0n) is 10.9. The van der Waals surface area contributed by atoms with E-state index in [0.29, 0.717) is 6.42 Å². The Bertz CT molecular complexity index is 336. The van der Waals surface area contributed by atoms with Crippen molar-refractivity contribution in [2.75, 3.05) is 32.9 Å². The van der Waals surface area contributed by atoms with Crippen molar-refractivity contribution in [3.63, 3.8) is 0 Å². The van der Waals surface area contributed by atoms with E-state index in [1.54, 1.807) is 0 Å². The summed E-state index contributed by atoms with van der Waals surface area (Å²) in [6, 6.07) is 8.74. The maximum atomic E-state index is 12.7. The largest absolute Gasteiger partial charge is 0.314 e. The lowest BCUT2D eigenvalue weighted by atomic mass is 10.0. The minimum Gasteiger partial charge on any atom is -0.314 e. The fourth-order valence-corrected chi connectivity index (χ4v) is 2.45. The van der Waals surface area contributed by atoms with Crippen molar-refractivity contribution in [2.45, 2.75) is 19.4 Å². The molecule has 4 heteroatoms. The molecule has 18 heavy (non-hydrogen) atoms. The average molecular weight is 273 g/mol. The van der Waals surface area contributed by atoms with Gasteiger partial charge in [-0.15, -0.1) is 12.4 Å². The van der Waals surface area contributed by atoms with E-state index in [0.717, 1.165) is 26.2 Å². The minimum absolute atomic E-state index is 0.